The van der Waals surface area contributed by atoms with Crippen molar-refractivity contribution in [2.45, 2.75) is 40.2 Å². The van der Waals surface area contributed by atoms with Gasteiger partial charge in [0.25, 0.3) is 0 Å². The molecule has 1 amide bonds. The molecule has 0 aliphatic carbocycles. The summed E-state index contributed by atoms with van der Waals surface area (Å²) in [5, 5.41) is 19.9. The van der Waals surface area contributed by atoms with Crippen molar-refractivity contribution in [2.24, 2.45) is 10.4 Å². The number of aliphatic hydroxyl groups is 1. The molecular formula is C18H38IN5O3. The number of morpholine rings is 1. The van der Waals surface area contributed by atoms with Gasteiger partial charge in [0.15, 0.2) is 5.96 Å². The van der Waals surface area contributed by atoms with E-state index in [0.29, 0.717) is 45.4 Å². The lowest BCUT2D eigenvalue weighted by molar-refractivity contribution is -0.128. The number of guanidine groups is 1. The number of hydrogen-bond acceptors (Lipinski definition) is 5. The van der Waals surface area contributed by atoms with Crippen LogP contribution in [0.15, 0.2) is 4.99 Å². The summed E-state index contributed by atoms with van der Waals surface area (Å²) in [6, 6.07) is 0. The molecule has 1 rings (SSSR count). The van der Waals surface area contributed by atoms with Gasteiger partial charge in [-0.1, -0.05) is 0 Å². The molecule has 1 saturated heterocycles. The topological polar surface area (TPSA) is 98.2 Å². The van der Waals surface area contributed by atoms with Crippen LogP contribution in [-0.4, -0.2) is 86.5 Å². The standard InChI is InChI=1S/C18H37N5O3.HI/c1-6-19-15(24)17(3,4)12-21-16(20-7-2)22-13-18(5,25)14-23-8-10-26-11-9-23;/h25H,6-14H2,1-5H3,(H,19,24)(H2,20,21,22);1H. The first-order chi connectivity index (χ1) is 12.2. The summed E-state index contributed by atoms with van der Waals surface area (Å²) in [6.45, 7) is 15.2. The van der Waals surface area contributed by atoms with E-state index in [1.54, 1.807) is 6.92 Å². The van der Waals surface area contributed by atoms with Gasteiger partial charge in [0.2, 0.25) is 5.91 Å². The molecule has 0 aromatic heterocycles. The van der Waals surface area contributed by atoms with Crippen LogP contribution < -0.4 is 16.0 Å². The number of hydrogen-bond donors (Lipinski definition) is 4. The van der Waals surface area contributed by atoms with Crippen LogP contribution in [0.4, 0.5) is 0 Å². The first-order valence-corrected chi connectivity index (χ1v) is 9.53. The second-order valence-electron chi connectivity index (χ2n) is 7.68. The minimum Gasteiger partial charge on any atom is -0.387 e. The number of nitrogens with one attached hydrogen (secondary N) is 3. The number of amides is 1. The first-order valence-electron chi connectivity index (χ1n) is 9.53. The van der Waals surface area contributed by atoms with Crippen molar-refractivity contribution in [3.8, 4) is 0 Å². The Morgan fingerprint density at radius 3 is 2.26 bits per heavy atom. The third-order valence-electron chi connectivity index (χ3n) is 4.24. The van der Waals surface area contributed by atoms with Crippen LogP contribution in [0.2, 0.25) is 0 Å². The molecule has 1 aliphatic heterocycles. The molecular weight excluding hydrogens is 461 g/mol. The summed E-state index contributed by atoms with van der Waals surface area (Å²) in [5.41, 5.74) is -1.47. The fraction of sp³-hybridized carbons (Fsp3) is 0.889. The number of carbonyl (C=O) groups excluding carboxylic acids is 1. The number of ether oxygens (including phenoxy) is 1. The molecule has 1 aliphatic rings. The maximum absolute atomic E-state index is 12.1. The molecule has 0 aromatic rings. The number of rotatable bonds is 9. The lowest BCUT2D eigenvalue weighted by atomic mass is 9.92. The molecule has 160 valence electrons. The van der Waals surface area contributed by atoms with E-state index in [1.165, 1.54) is 0 Å². The molecule has 9 heteroatoms. The fourth-order valence-corrected chi connectivity index (χ4v) is 2.67. The van der Waals surface area contributed by atoms with Gasteiger partial charge in [0.1, 0.15) is 0 Å². The molecule has 0 spiro atoms. The van der Waals surface area contributed by atoms with Crippen LogP contribution in [0.5, 0.6) is 0 Å². The molecule has 0 radical (unpaired) electrons. The van der Waals surface area contributed by atoms with Crippen LogP contribution in [0.1, 0.15) is 34.6 Å². The van der Waals surface area contributed by atoms with Crippen molar-refractivity contribution in [3.05, 3.63) is 0 Å². The monoisotopic (exact) mass is 499 g/mol. The average molecular weight is 499 g/mol. The van der Waals surface area contributed by atoms with E-state index in [0.717, 1.165) is 13.1 Å². The Labute approximate surface area is 180 Å². The van der Waals surface area contributed by atoms with Crippen molar-refractivity contribution in [1.82, 2.24) is 20.9 Å². The summed E-state index contributed by atoms with van der Waals surface area (Å²) in [6.07, 6.45) is 0. The SMILES string of the molecule is CCNC(=O)C(C)(C)CNC(=NCC(C)(O)CN1CCOCC1)NCC.I. The lowest BCUT2D eigenvalue weighted by Crippen LogP contribution is -2.49. The molecule has 1 unspecified atom stereocenters. The Balaban J connectivity index is 0.00000676. The third-order valence-corrected chi connectivity index (χ3v) is 4.24. The molecule has 4 N–H and O–H groups in total. The van der Waals surface area contributed by atoms with Crippen LogP contribution in [0.3, 0.4) is 0 Å². The highest BCUT2D eigenvalue weighted by molar-refractivity contribution is 14.0. The van der Waals surface area contributed by atoms with E-state index in [1.807, 2.05) is 27.7 Å². The number of halogens is 1. The molecule has 0 bridgehead atoms. The Morgan fingerprint density at radius 2 is 1.70 bits per heavy atom. The predicted octanol–water partition coefficient (Wildman–Crippen LogP) is 0.405. The number of carbonyl (C=O) groups is 1. The average Bonchev–Trinajstić information content (AvgIpc) is 2.58. The molecule has 27 heavy (non-hydrogen) atoms. The minimum absolute atomic E-state index is 0. The van der Waals surface area contributed by atoms with Gasteiger partial charge < -0.3 is 25.8 Å². The fourth-order valence-electron chi connectivity index (χ4n) is 2.67. The van der Waals surface area contributed by atoms with E-state index in [2.05, 4.69) is 25.8 Å². The first kappa shape index (κ1) is 26.4. The Bertz CT molecular complexity index is 466. The molecule has 0 saturated carbocycles. The summed E-state index contributed by atoms with van der Waals surface area (Å²) in [5.74, 6) is 0.606. The zero-order valence-corrected chi connectivity index (χ0v) is 19.8. The van der Waals surface area contributed by atoms with Gasteiger partial charge in [-0.05, 0) is 34.6 Å². The van der Waals surface area contributed by atoms with Gasteiger partial charge in [0.05, 0.1) is 30.8 Å². The van der Waals surface area contributed by atoms with Gasteiger partial charge in [-0.25, -0.2) is 0 Å². The van der Waals surface area contributed by atoms with E-state index < -0.39 is 11.0 Å². The summed E-state index contributed by atoms with van der Waals surface area (Å²) in [4.78, 5) is 18.8. The van der Waals surface area contributed by atoms with Crippen molar-refractivity contribution in [3.63, 3.8) is 0 Å². The summed E-state index contributed by atoms with van der Waals surface area (Å²) in [7, 11) is 0. The zero-order chi connectivity index (χ0) is 19.6. The normalized spacial score (nSPS) is 18.2. The number of nitrogens with zero attached hydrogens (tertiary/aromatic N) is 2. The second kappa shape index (κ2) is 12.7. The Morgan fingerprint density at radius 1 is 1.11 bits per heavy atom. The molecule has 1 fully saturated rings. The number of aliphatic imine (C=N–C) groups is 1. The zero-order valence-electron chi connectivity index (χ0n) is 17.4. The second-order valence-corrected chi connectivity index (χ2v) is 7.68. The van der Waals surface area contributed by atoms with Crippen molar-refractivity contribution >= 4 is 35.8 Å². The molecule has 8 nitrogen and oxygen atoms in total. The van der Waals surface area contributed by atoms with Crippen LogP contribution in [-0.2, 0) is 9.53 Å². The summed E-state index contributed by atoms with van der Waals surface area (Å²) < 4.78 is 5.34. The van der Waals surface area contributed by atoms with E-state index in [9.17, 15) is 9.90 Å². The van der Waals surface area contributed by atoms with E-state index in [4.69, 9.17) is 4.74 Å². The van der Waals surface area contributed by atoms with Crippen molar-refractivity contribution < 1.29 is 14.6 Å². The predicted molar refractivity (Wildman–Crippen MR) is 120 cm³/mol. The molecule has 1 atom stereocenters. The van der Waals surface area contributed by atoms with Gasteiger partial charge in [-0.15, -0.1) is 24.0 Å². The maximum Gasteiger partial charge on any atom is 0.227 e. The quantitative estimate of drug-likeness (QED) is 0.209. The highest BCUT2D eigenvalue weighted by Crippen LogP contribution is 2.13. The van der Waals surface area contributed by atoms with Crippen molar-refractivity contribution in [1.29, 1.82) is 0 Å². The van der Waals surface area contributed by atoms with Crippen LogP contribution in [0, 0.1) is 5.41 Å². The van der Waals surface area contributed by atoms with Crippen LogP contribution in [0.25, 0.3) is 0 Å². The third kappa shape index (κ3) is 10.5. The molecule has 0 aromatic carbocycles. The van der Waals surface area contributed by atoms with Gasteiger partial charge in [-0.3, -0.25) is 14.7 Å². The van der Waals surface area contributed by atoms with E-state index >= 15 is 0 Å². The number of β-amino-alcohol motifs (C(OH)–C–C–N with tert-alkyl or cyclic N) is 1. The lowest BCUT2D eigenvalue weighted by Gasteiger charge is -2.33. The smallest absolute Gasteiger partial charge is 0.227 e. The maximum atomic E-state index is 12.1. The Hall–Kier alpha value is -0.650. The van der Waals surface area contributed by atoms with Gasteiger partial charge in [0, 0.05) is 39.3 Å². The highest BCUT2D eigenvalue weighted by atomic mass is 127. The molecule has 1 heterocycles. The Kier molecular flexibility index (Phi) is 12.4. The summed E-state index contributed by atoms with van der Waals surface area (Å²) >= 11 is 0. The van der Waals surface area contributed by atoms with Gasteiger partial charge >= 0.3 is 0 Å². The van der Waals surface area contributed by atoms with Crippen molar-refractivity contribution in [2.75, 3.05) is 59.0 Å². The largest absolute Gasteiger partial charge is 0.387 e. The minimum atomic E-state index is -0.922. The van der Waals surface area contributed by atoms with Crippen LogP contribution >= 0.6 is 24.0 Å². The van der Waals surface area contributed by atoms with Gasteiger partial charge in [-0.2, -0.15) is 0 Å². The van der Waals surface area contributed by atoms with E-state index in [-0.39, 0.29) is 36.4 Å². The highest BCUT2D eigenvalue weighted by Gasteiger charge is 2.28.